The van der Waals surface area contributed by atoms with Crippen LogP contribution in [0.2, 0.25) is 5.82 Å². The van der Waals surface area contributed by atoms with Crippen molar-refractivity contribution in [1.29, 1.82) is 0 Å². The van der Waals surface area contributed by atoms with Gasteiger partial charge in [-0.3, -0.25) is 19.3 Å². The number of phenolic OH excluding ortho intramolecular Hbond substituents is 2. The summed E-state index contributed by atoms with van der Waals surface area (Å²) in [5.41, 5.74) is 2.04. The van der Waals surface area contributed by atoms with Gasteiger partial charge in [-0.05, 0) is 65.0 Å². The highest BCUT2D eigenvalue weighted by Crippen LogP contribution is 2.39. The van der Waals surface area contributed by atoms with Crippen LogP contribution < -0.4 is 9.97 Å². The Morgan fingerprint density at radius 2 is 1.95 bits per heavy atom. The van der Waals surface area contributed by atoms with Crippen molar-refractivity contribution >= 4 is 46.7 Å². The average molecular weight is 602 g/mol. The molecule has 1 saturated heterocycles. The van der Waals surface area contributed by atoms with Gasteiger partial charge >= 0.3 is 25.0 Å². The number of hydrogen-bond donors (Lipinski definition) is 4. The SMILES string of the molecule is CCN1CCN(C(=O)NC(CC(=O)C[C@H]2Cc3cccc(C)c3OB2O)c2cc(O)c(O)c(Br)c2)C(=O)C1=O. The van der Waals surface area contributed by atoms with Crippen LogP contribution in [0.1, 0.15) is 42.5 Å². The van der Waals surface area contributed by atoms with E-state index in [1.54, 1.807) is 6.92 Å². The van der Waals surface area contributed by atoms with Gasteiger partial charge in [0.2, 0.25) is 0 Å². The number of rotatable bonds is 7. The molecule has 2 aliphatic rings. The normalized spacial score (nSPS) is 17.9. The Balaban J connectivity index is 1.53. The van der Waals surface area contributed by atoms with Gasteiger partial charge < -0.3 is 30.1 Å². The summed E-state index contributed by atoms with van der Waals surface area (Å²) in [6.45, 7) is 4.10. The maximum atomic E-state index is 13.2. The van der Waals surface area contributed by atoms with Gasteiger partial charge in [-0.15, -0.1) is 0 Å². The molecule has 0 spiro atoms. The molecule has 2 atom stereocenters. The first-order valence-corrected chi connectivity index (χ1v) is 13.4. The van der Waals surface area contributed by atoms with E-state index >= 15 is 0 Å². The lowest BCUT2D eigenvalue weighted by molar-refractivity contribution is -0.153. The van der Waals surface area contributed by atoms with Crippen molar-refractivity contribution in [2.45, 2.75) is 45.0 Å². The van der Waals surface area contributed by atoms with Crippen LogP contribution in [0.15, 0.2) is 34.8 Å². The third kappa shape index (κ3) is 6.04. The van der Waals surface area contributed by atoms with Gasteiger partial charge in [0.25, 0.3) is 0 Å². The van der Waals surface area contributed by atoms with Crippen LogP contribution in [0, 0.1) is 6.92 Å². The van der Waals surface area contributed by atoms with Gasteiger partial charge in [0.05, 0.1) is 10.5 Å². The summed E-state index contributed by atoms with van der Waals surface area (Å²) >= 11 is 3.14. The molecule has 4 N–H and O–H groups in total. The Labute approximate surface area is 234 Å². The molecule has 0 bridgehead atoms. The molecule has 1 fully saturated rings. The predicted molar refractivity (Wildman–Crippen MR) is 144 cm³/mol. The number of carbonyl (C=O) groups is 4. The number of nitrogens with zero attached hydrogens (tertiary/aromatic N) is 2. The van der Waals surface area contributed by atoms with Gasteiger partial charge in [-0.1, -0.05) is 18.2 Å². The molecular weight excluding hydrogens is 573 g/mol. The largest absolute Gasteiger partial charge is 0.536 e. The molecule has 39 heavy (non-hydrogen) atoms. The molecule has 0 radical (unpaired) electrons. The highest BCUT2D eigenvalue weighted by Gasteiger charge is 2.39. The van der Waals surface area contributed by atoms with Crippen molar-refractivity contribution in [3.8, 4) is 17.2 Å². The molecule has 4 amide bonds. The molecule has 2 heterocycles. The number of urea groups is 1. The molecule has 2 aliphatic heterocycles. The van der Waals surface area contributed by atoms with E-state index in [2.05, 4.69) is 21.2 Å². The van der Waals surface area contributed by atoms with Gasteiger partial charge in [-0.2, -0.15) is 0 Å². The van der Waals surface area contributed by atoms with Crippen LogP contribution in [0.3, 0.4) is 0 Å². The van der Waals surface area contributed by atoms with E-state index < -0.39 is 48.3 Å². The van der Waals surface area contributed by atoms with Crippen LogP contribution in [-0.2, 0) is 20.8 Å². The number of benzene rings is 2. The molecular formula is C26H29BBrN3O8. The number of phenols is 2. The number of imide groups is 1. The number of carbonyl (C=O) groups excluding carboxylic acids is 4. The minimum atomic E-state index is -1.19. The summed E-state index contributed by atoms with van der Waals surface area (Å²) < 4.78 is 5.81. The van der Waals surface area contributed by atoms with Crippen LogP contribution in [0.25, 0.3) is 0 Å². The van der Waals surface area contributed by atoms with E-state index in [0.29, 0.717) is 18.7 Å². The molecule has 13 heteroatoms. The predicted octanol–water partition coefficient (Wildman–Crippen LogP) is 2.45. The number of aromatic hydroxyl groups is 2. The molecule has 0 aromatic heterocycles. The number of amides is 4. The Morgan fingerprint density at radius 1 is 1.21 bits per heavy atom. The fraction of sp³-hybridized carbons (Fsp3) is 0.385. The zero-order chi connectivity index (χ0) is 28.4. The Bertz CT molecular complexity index is 1300. The third-order valence-corrected chi connectivity index (χ3v) is 7.64. The lowest BCUT2D eigenvalue weighted by Crippen LogP contribution is -2.58. The average Bonchev–Trinajstić information content (AvgIpc) is 2.89. The van der Waals surface area contributed by atoms with E-state index in [1.165, 1.54) is 17.0 Å². The minimum absolute atomic E-state index is 0.0140. The van der Waals surface area contributed by atoms with E-state index in [1.807, 2.05) is 25.1 Å². The maximum Gasteiger partial charge on any atom is 0.526 e. The van der Waals surface area contributed by atoms with E-state index in [-0.39, 0.29) is 41.8 Å². The van der Waals surface area contributed by atoms with Crippen LogP contribution >= 0.6 is 15.9 Å². The monoisotopic (exact) mass is 601 g/mol. The molecule has 1 unspecified atom stereocenters. The van der Waals surface area contributed by atoms with Gasteiger partial charge in [0.1, 0.15) is 11.5 Å². The van der Waals surface area contributed by atoms with Crippen molar-refractivity contribution in [1.82, 2.24) is 15.1 Å². The Kier molecular flexibility index (Phi) is 8.50. The third-order valence-electron chi connectivity index (χ3n) is 7.04. The standard InChI is InChI=1S/C26H29BBrN3O8/c1-3-30-7-8-31(25(36)24(30)35)26(37)29-20(16-10-19(28)22(34)21(33)11-16)13-18(32)12-17-9-15-6-4-5-14(2)23(15)39-27(17)38/h4-6,10-11,17,20,33-34,38H,3,7-9,12-13H2,1-2H3,(H,29,37)/t17-,20?/m1/s1. The summed E-state index contributed by atoms with van der Waals surface area (Å²) in [6, 6.07) is 6.39. The van der Waals surface area contributed by atoms with E-state index in [0.717, 1.165) is 16.0 Å². The Hall–Kier alpha value is -3.58. The van der Waals surface area contributed by atoms with Crippen molar-refractivity contribution < 1.29 is 39.1 Å². The van der Waals surface area contributed by atoms with Crippen molar-refractivity contribution in [3.05, 3.63) is 51.5 Å². The molecule has 0 saturated carbocycles. The quantitative estimate of drug-likeness (QED) is 0.214. The summed E-state index contributed by atoms with van der Waals surface area (Å²) in [7, 11) is -1.19. The fourth-order valence-corrected chi connectivity index (χ4v) is 5.34. The molecule has 2 aromatic rings. The zero-order valence-corrected chi connectivity index (χ0v) is 23.1. The minimum Gasteiger partial charge on any atom is -0.536 e. The molecule has 206 valence electrons. The summed E-state index contributed by atoms with van der Waals surface area (Å²) in [6.07, 6.45) is 0.118. The van der Waals surface area contributed by atoms with Crippen molar-refractivity contribution in [3.63, 3.8) is 0 Å². The first-order chi connectivity index (χ1) is 18.5. The van der Waals surface area contributed by atoms with Gasteiger partial charge in [0.15, 0.2) is 11.5 Å². The lowest BCUT2D eigenvalue weighted by Gasteiger charge is -2.33. The molecule has 4 rings (SSSR count). The molecule has 0 aliphatic carbocycles. The van der Waals surface area contributed by atoms with Crippen LogP contribution in [-0.4, -0.2) is 75.4 Å². The second kappa shape index (κ2) is 11.7. The zero-order valence-electron chi connectivity index (χ0n) is 21.5. The summed E-state index contributed by atoms with van der Waals surface area (Å²) in [5.74, 6) is -2.89. The van der Waals surface area contributed by atoms with Crippen LogP contribution in [0.4, 0.5) is 4.79 Å². The second-order valence-corrected chi connectivity index (χ2v) is 10.6. The molecule has 11 nitrogen and oxygen atoms in total. The van der Waals surface area contributed by atoms with E-state index in [4.69, 9.17) is 4.65 Å². The van der Waals surface area contributed by atoms with Gasteiger partial charge in [-0.25, -0.2) is 4.79 Å². The number of nitrogens with one attached hydrogen (secondary N) is 1. The fourth-order valence-electron chi connectivity index (χ4n) is 4.87. The van der Waals surface area contributed by atoms with Crippen molar-refractivity contribution in [2.75, 3.05) is 19.6 Å². The number of likely N-dealkylation sites (N-methyl/N-ethyl adjacent to an activating group) is 1. The first kappa shape index (κ1) is 28.4. The smallest absolute Gasteiger partial charge is 0.526 e. The Morgan fingerprint density at radius 3 is 2.64 bits per heavy atom. The second-order valence-electron chi connectivity index (χ2n) is 9.70. The number of piperazine rings is 1. The highest BCUT2D eigenvalue weighted by molar-refractivity contribution is 9.10. The molecule has 2 aromatic carbocycles. The lowest BCUT2D eigenvalue weighted by atomic mass is 9.64. The topological polar surface area (TPSA) is 157 Å². The number of hydrogen-bond acceptors (Lipinski definition) is 8. The number of para-hydroxylation sites is 1. The summed E-state index contributed by atoms with van der Waals surface area (Å²) in [5, 5.41) is 33.3. The van der Waals surface area contributed by atoms with E-state index in [9.17, 15) is 34.4 Å². The van der Waals surface area contributed by atoms with Crippen LogP contribution in [0.5, 0.6) is 17.2 Å². The number of aryl methyl sites for hydroxylation is 1. The summed E-state index contributed by atoms with van der Waals surface area (Å²) in [4.78, 5) is 53.3. The highest BCUT2D eigenvalue weighted by atomic mass is 79.9. The number of fused-ring (bicyclic) bond motifs is 1. The maximum absolute atomic E-state index is 13.2. The number of ketones is 1. The van der Waals surface area contributed by atoms with Crippen molar-refractivity contribution in [2.24, 2.45) is 0 Å². The first-order valence-electron chi connectivity index (χ1n) is 12.6. The van der Waals surface area contributed by atoms with Gasteiger partial charge in [0, 0.05) is 38.3 Å². The number of Topliss-reactive ketones (excluding diaryl/α,β-unsaturated/α-hetero) is 1. The number of halogens is 1.